The van der Waals surface area contributed by atoms with Crippen LogP contribution in [0.4, 0.5) is 34.1 Å². The number of carbonyl (C=O) groups excluding carboxylic acids is 2. The molecule has 11 heteroatoms. The van der Waals surface area contributed by atoms with Gasteiger partial charge in [0.25, 0.3) is 11.6 Å². The van der Waals surface area contributed by atoms with Crippen LogP contribution in [-0.4, -0.2) is 49.6 Å². The van der Waals surface area contributed by atoms with Crippen molar-refractivity contribution in [1.29, 1.82) is 0 Å². The van der Waals surface area contributed by atoms with Gasteiger partial charge in [-0.1, -0.05) is 0 Å². The summed E-state index contributed by atoms with van der Waals surface area (Å²) < 4.78 is 4.66. The molecule has 2 aromatic carbocycles. The molecule has 0 bridgehead atoms. The van der Waals surface area contributed by atoms with E-state index in [0.29, 0.717) is 22.7 Å². The summed E-state index contributed by atoms with van der Waals surface area (Å²) in [6, 6.07) is 10.2. The number of nitrogens with two attached hydrogens (primary N) is 2. The quantitative estimate of drug-likeness (QED) is 0.226. The number of rotatable bonds is 6. The summed E-state index contributed by atoms with van der Waals surface area (Å²) in [7, 11) is 0. The standard InChI is InChI=1S/C15H21N3O3.C11H15N3O2/c1-11(19)21-10-15(20)17-12-5-6-13(16)14(9-12)18-7-3-2-4-8-18;12-9-4-5-10(14(15)16)11(8-9)13-6-2-1-3-7-13/h5-6,9H,2-4,7-8,10,16H2,1H3,(H,17,20);4-5,8H,1-3,6-7,12H2. The Morgan fingerprint density at radius 1 is 0.919 bits per heavy atom. The number of nitro groups is 1. The van der Waals surface area contributed by atoms with Crippen LogP contribution < -0.4 is 26.6 Å². The van der Waals surface area contributed by atoms with E-state index in [-0.39, 0.29) is 23.1 Å². The number of nitro benzene ring substituents is 1. The fraction of sp³-hybridized carbons (Fsp3) is 0.462. The predicted molar refractivity (Wildman–Crippen MR) is 146 cm³/mol. The molecule has 2 aromatic rings. The van der Waals surface area contributed by atoms with Gasteiger partial charge in [-0.25, -0.2) is 0 Å². The molecule has 2 heterocycles. The Morgan fingerprint density at radius 2 is 1.51 bits per heavy atom. The number of benzene rings is 2. The number of nitrogens with one attached hydrogen (secondary N) is 1. The molecule has 0 saturated carbocycles. The second-order valence-electron chi connectivity index (χ2n) is 9.20. The highest BCUT2D eigenvalue weighted by atomic mass is 16.6. The molecule has 0 radical (unpaired) electrons. The Balaban J connectivity index is 0.000000213. The fourth-order valence-electron chi connectivity index (χ4n) is 4.48. The molecule has 2 saturated heterocycles. The van der Waals surface area contributed by atoms with Gasteiger partial charge in [-0.05, 0) is 68.9 Å². The molecule has 4 rings (SSSR count). The summed E-state index contributed by atoms with van der Waals surface area (Å²) in [4.78, 5) is 37.2. The van der Waals surface area contributed by atoms with E-state index in [4.69, 9.17) is 11.5 Å². The van der Waals surface area contributed by atoms with Crippen molar-refractivity contribution >= 4 is 46.0 Å². The molecule has 0 unspecified atom stereocenters. The van der Waals surface area contributed by atoms with Gasteiger partial charge in [0.05, 0.1) is 16.3 Å². The van der Waals surface area contributed by atoms with Crippen LogP contribution in [0.2, 0.25) is 0 Å². The number of esters is 1. The molecule has 0 atom stereocenters. The van der Waals surface area contributed by atoms with Crippen LogP contribution in [0.25, 0.3) is 0 Å². The molecular formula is C26H36N6O5. The molecule has 37 heavy (non-hydrogen) atoms. The Bertz CT molecular complexity index is 1100. The molecule has 1 amide bonds. The van der Waals surface area contributed by atoms with Crippen LogP contribution in [-0.2, 0) is 14.3 Å². The Hall–Kier alpha value is -4.02. The molecule has 200 valence electrons. The number of nitrogen functional groups attached to an aromatic ring is 2. The largest absolute Gasteiger partial charge is 0.456 e. The van der Waals surface area contributed by atoms with Crippen molar-refractivity contribution in [1.82, 2.24) is 0 Å². The summed E-state index contributed by atoms with van der Waals surface area (Å²) in [5.41, 5.74) is 15.4. The van der Waals surface area contributed by atoms with E-state index in [1.54, 1.807) is 24.3 Å². The smallest absolute Gasteiger partial charge is 0.303 e. The normalized spacial score (nSPS) is 15.3. The average Bonchev–Trinajstić information content (AvgIpc) is 2.90. The van der Waals surface area contributed by atoms with Crippen LogP contribution in [0.1, 0.15) is 45.4 Å². The van der Waals surface area contributed by atoms with Crippen molar-refractivity contribution in [2.45, 2.75) is 45.4 Å². The van der Waals surface area contributed by atoms with Crippen molar-refractivity contribution in [3.63, 3.8) is 0 Å². The molecular weight excluding hydrogens is 476 g/mol. The van der Waals surface area contributed by atoms with Gasteiger partial charge < -0.3 is 31.3 Å². The zero-order chi connectivity index (χ0) is 26.8. The number of amides is 1. The number of hydrogen-bond acceptors (Lipinski definition) is 9. The van der Waals surface area contributed by atoms with Crippen molar-refractivity contribution < 1.29 is 19.2 Å². The van der Waals surface area contributed by atoms with Crippen molar-refractivity contribution in [2.24, 2.45) is 0 Å². The van der Waals surface area contributed by atoms with Gasteiger partial charge in [-0.15, -0.1) is 0 Å². The number of hydrogen-bond donors (Lipinski definition) is 3. The van der Waals surface area contributed by atoms with Gasteiger partial charge in [0.2, 0.25) is 0 Å². The molecule has 2 fully saturated rings. The second-order valence-corrected chi connectivity index (χ2v) is 9.20. The van der Waals surface area contributed by atoms with E-state index in [1.807, 2.05) is 6.07 Å². The first-order valence-corrected chi connectivity index (χ1v) is 12.6. The van der Waals surface area contributed by atoms with Gasteiger partial charge in [-0.3, -0.25) is 19.7 Å². The van der Waals surface area contributed by atoms with Gasteiger partial charge in [0, 0.05) is 50.5 Å². The van der Waals surface area contributed by atoms with E-state index >= 15 is 0 Å². The zero-order valence-electron chi connectivity index (χ0n) is 21.3. The average molecular weight is 513 g/mol. The first-order valence-electron chi connectivity index (χ1n) is 12.6. The zero-order valence-corrected chi connectivity index (χ0v) is 21.3. The maximum absolute atomic E-state index is 11.7. The molecule has 11 nitrogen and oxygen atoms in total. The van der Waals surface area contributed by atoms with E-state index in [1.165, 1.54) is 25.8 Å². The first kappa shape index (κ1) is 27.6. The van der Waals surface area contributed by atoms with Gasteiger partial charge in [0.1, 0.15) is 5.69 Å². The highest BCUT2D eigenvalue weighted by Gasteiger charge is 2.21. The van der Waals surface area contributed by atoms with Crippen LogP contribution in [0.3, 0.4) is 0 Å². The number of anilines is 5. The Morgan fingerprint density at radius 3 is 2.08 bits per heavy atom. The van der Waals surface area contributed by atoms with Crippen molar-refractivity contribution in [3.8, 4) is 0 Å². The summed E-state index contributed by atoms with van der Waals surface area (Å²) in [5, 5.41) is 13.6. The predicted octanol–water partition coefficient (Wildman–Crippen LogP) is 3.93. The third-order valence-electron chi connectivity index (χ3n) is 6.31. The highest BCUT2D eigenvalue weighted by Crippen LogP contribution is 2.32. The summed E-state index contributed by atoms with van der Waals surface area (Å²) >= 11 is 0. The van der Waals surface area contributed by atoms with Gasteiger partial charge in [0.15, 0.2) is 6.61 Å². The lowest BCUT2D eigenvalue weighted by Gasteiger charge is -2.30. The van der Waals surface area contributed by atoms with E-state index in [9.17, 15) is 19.7 Å². The lowest BCUT2D eigenvalue weighted by atomic mass is 10.1. The highest BCUT2D eigenvalue weighted by molar-refractivity contribution is 5.93. The topological polar surface area (TPSA) is 157 Å². The third-order valence-corrected chi connectivity index (χ3v) is 6.31. The Labute approximate surface area is 216 Å². The third kappa shape index (κ3) is 8.26. The number of piperidine rings is 2. The van der Waals surface area contributed by atoms with Crippen LogP contribution in [0, 0.1) is 10.1 Å². The monoisotopic (exact) mass is 512 g/mol. The number of carbonyl (C=O) groups is 2. The SMILES string of the molecule is CC(=O)OCC(=O)Nc1ccc(N)c(N2CCCCC2)c1.Nc1ccc([N+](=O)[O-])c(N2CCCCC2)c1. The molecule has 2 aliphatic heterocycles. The van der Waals surface area contributed by atoms with Crippen LogP contribution in [0.15, 0.2) is 36.4 Å². The minimum atomic E-state index is -0.475. The van der Waals surface area contributed by atoms with Crippen LogP contribution in [0.5, 0.6) is 0 Å². The Kier molecular flexibility index (Phi) is 9.93. The maximum Gasteiger partial charge on any atom is 0.303 e. The van der Waals surface area contributed by atoms with Crippen LogP contribution >= 0.6 is 0 Å². The molecule has 2 aliphatic rings. The van der Waals surface area contributed by atoms with Crippen molar-refractivity contribution in [3.05, 3.63) is 46.5 Å². The summed E-state index contributed by atoms with van der Waals surface area (Å²) in [6.07, 6.45) is 6.94. The minimum Gasteiger partial charge on any atom is -0.456 e. The lowest BCUT2D eigenvalue weighted by Crippen LogP contribution is -2.30. The minimum absolute atomic E-state index is 0.149. The van der Waals surface area contributed by atoms with E-state index in [2.05, 4.69) is 19.9 Å². The second kappa shape index (κ2) is 13.3. The molecule has 0 aromatic heterocycles. The molecule has 0 aliphatic carbocycles. The molecule has 0 spiro atoms. The molecule has 5 N–H and O–H groups in total. The van der Waals surface area contributed by atoms with E-state index < -0.39 is 5.97 Å². The fourth-order valence-corrected chi connectivity index (χ4v) is 4.48. The number of ether oxygens (including phenoxy) is 1. The first-order chi connectivity index (χ1) is 17.7. The van der Waals surface area contributed by atoms with Gasteiger partial charge in [-0.2, -0.15) is 0 Å². The summed E-state index contributed by atoms with van der Waals surface area (Å²) in [6.45, 7) is 4.71. The van der Waals surface area contributed by atoms with Crippen molar-refractivity contribution in [2.75, 3.05) is 59.4 Å². The summed E-state index contributed by atoms with van der Waals surface area (Å²) in [5.74, 6) is -0.837. The number of nitrogens with zero attached hydrogens (tertiary/aromatic N) is 3. The van der Waals surface area contributed by atoms with E-state index in [0.717, 1.165) is 57.5 Å². The lowest BCUT2D eigenvalue weighted by molar-refractivity contribution is -0.384. The van der Waals surface area contributed by atoms with Gasteiger partial charge >= 0.3 is 5.97 Å². The maximum atomic E-state index is 11.7.